The summed E-state index contributed by atoms with van der Waals surface area (Å²) in [6, 6.07) is 10.7. The Kier molecular flexibility index (Phi) is 6.02. The van der Waals surface area contributed by atoms with E-state index in [0.29, 0.717) is 23.4 Å². The Morgan fingerprint density at radius 3 is 2.42 bits per heavy atom. The van der Waals surface area contributed by atoms with Crippen LogP contribution in [-0.4, -0.2) is 30.2 Å². The van der Waals surface area contributed by atoms with Crippen molar-refractivity contribution in [1.82, 2.24) is 0 Å². The standard InChI is InChI=1S/C29H30N2O5/c1-16-8-9-21(12-18(16)3)30-15-20(14-25(30)32)29(35)36-22-10-11-24(19(4)13-22)31-27(33)23-7-5-6-17(2)26(23)28(31)34/h5-6,8-13,17,20,23,26H,7,14-15H2,1-4H3/t17-,20-,23-,26-/m1/s1. The molecule has 186 valence electrons. The topological polar surface area (TPSA) is 84.0 Å². The Morgan fingerprint density at radius 1 is 0.944 bits per heavy atom. The molecule has 0 aromatic heterocycles. The Bertz CT molecular complexity index is 1310. The van der Waals surface area contributed by atoms with Gasteiger partial charge in [0.25, 0.3) is 0 Å². The monoisotopic (exact) mass is 486 g/mol. The summed E-state index contributed by atoms with van der Waals surface area (Å²) < 4.78 is 5.62. The van der Waals surface area contributed by atoms with Crippen LogP contribution >= 0.6 is 0 Å². The van der Waals surface area contributed by atoms with Crippen molar-refractivity contribution in [2.24, 2.45) is 23.7 Å². The van der Waals surface area contributed by atoms with E-state index in [9.17, 15) is 19.2 Å². The van der Waals surface area contributed by atoms with Gasteiger partial charge in [0.2, 0.25) is 17.7 Å². The van der Waals surface area contributed by atoms with Gasteiger partial charge in [-0.3, -0.25) is 19.2 Å². The summed E-state index contributed by atoms with van der Waals surface area (Å²) in [6.45, 7) is 8.03. The fraction of sp³-hybridized carbons (Fsp3) is 0.379. The van der Waals surface area contributed by atoms with Gasteiger partial charge in [0, 0.05) is 18.7 Å². The van der Waals surface area contributed by atoms with Crippen LogP contribution in [0, 0.1) is 44.4 Å². The first-order chi connectivity index (χ1) is 17.2. The van der Waals surface area contributed by atoms with Gasteiger partial charge in [-0.2, -0.15) is 0 Å². The fourth-order valence-corrected chi connectivity index (χ4v) is 5.54. The van der Waals surface area contributed by atoms with Crippen molar-refractivity contribution < 1.29 is 23.9 Å². The summed E-state index contributed by atoms with van der Waals surface area (Å²) in [5, 5.41) is 0. The SMILES string of the molecule is Cc1ccc(N2C[C@H](C(=O)Oc3ccc(N4C(=O)[C@@H]5[C@H](C)C=CC[C@H]5C4=O)c(C)c3)CC2=O)cc1C. The average Bonchev–Trinajstić information content (AvgIpc) is 3.34. The van der Waals surface area contributed by atoms with Crippen molar-refractivity contribution in [1.29, 1.82) is 0 Å². The number of esters is 1. The van der Waals surface area contributed by atoms with Crippen LogP contribution < -0.4 is 14.5 Å². The summed E-state index contributed by atoms with van der Waals surface area (Å²) in [4.78, 5) is 54.6. The Morgan fingerprint density at radius 2 is 1.72 bits per heavy atom. The summed E-state index contributed by atoms with van der Waals surface area (Å²) >= 11 is 0. The summed E-state index contributed by atoms with van der Waals surface area (Å²) in [6.07, 6.45) is 4.64. The number of carbonyl (C=O) groups is 4. The van der Waals surface area contributed by atoms with E-state index in [1.807, 2.05) is 51.1 Å². The second-order valence-electron chi connectivity index (χ2n) is 10.2. The van der Waals surface area contributed by atoms with Crippen molar-refractivity contribution in [3.63, 3.8) is 0 Å². The van der Waals surface area contributed by atoms with Crippen LogP contribution in [0.3, 0.4) is 0 Å². The molecule has 0 N–H and O–H groups in total. The Hall–Kier alpha value is -3.74. The molecule has 36 heavy (non-hydrogen) atoms. The van der Waals surface area contributed by atoms with Crippen molar-refractivity contribution in [3.05, 3.63) is 65.2 Å². The highest BCUT2D eigenvalue weighted by atomic mass is 16.5. The smallest absolute Gasteiger partial charge is 0.316 e. The second-order valence-corrected chi connectivity index (χ2v) is 10.2. The first-order valence-electron chi connectivity index (χ1n) is 12.4. The van der Waals surface area contributed by atoms with Gasteiger partial charge in [-0.1, -0.05) is 25.1 Å². The molecular formula is C29H30N2O5. The van der Waals surface area contributed by atoms with Gasteiger partial charge in [-0.05, 0) is 80.1 Å². The minimum atomic E-state index is -0.571. The molecule has 2 heterocycles. The van der Waals surface area contributed by atoms with E-state index in [1.54, 1.807) is 30.0 Å². The molecule has 1 aliphatic carbocycles. The molecule has 0 bridgehead atoms. The quantitative estimate of drug-likeness (QED) is 0.279. The minimum Gasteiger partial charge on any atom is -0.426 e. The highest BCUT2D eigenvalue weighted by Gasteiger charge is 2.50. The third-order valence-electron chi connectivity index (χ3n) is 7.76. The summed E-state index contributed by atoms with van der Waals surface area (Å²) in [5.41, 5.74) is 4.19. The minimum absolute atomic E-state index is 0.0169. The molecule has 2 aromatic carbocycles. The number of amides is 3. The van der Waals surface area contributed by atoms with E-state index in [0.717, 1.165) is 16.8 Å². The first kappa shape index (κ1) is 24.0. The molecule has 2 saturated heterocycles. The molecule has 0 unspecified atom stereocenters. The van der Waals surface area contributed by atoms with Gasteiger partial charge in [-0.15, -0.1) is 0 Å². The molecular weight excluding hydrogens is 456 g/mol. The van der Waals surface area contributed by atoms with Crippen LogP contribution in [0.1, 0.15) is 36.5 Å². The van der Waals surface area contributed by atoms with Crippen molar-refractivity contribution >= 4 is 35.1 Å². The number of hydrogen-bond donors (Lipinski definition) is 0. The zero-order valence-corrected chi connectivity index (χ0v) is 21.0. The highest BCUT2D eigenvalue weighted by molar-refractivity contribution is 6.22. The predicted molar refractivity (Wildman–Crippen MR) is 136 cm³/mol. The maximum Gasteiger partial charge on any atom is 0.316 e. The number of imide groups is 1. The zero-order chi connectivity index (χ0) is 25.7. The number of benzene rings is 2. The van der Waals surface area contributed by atoms with Crippen molar-refractivity contribution in [2.45, 2.75) is 40.5 Å². The van der Waals surface area contributed by atoms with Gasteiger partial charge in [0.15, 0.2) is 0 Å². The lowest BCUT2D eigenvalue weighted by molar-refractivity contribution is -0.139. The van der Waals surface area contributed by atoms with Crippen LogP contribution in [0.5, 0.6) is 5.75 Å². The van der Waals surface area contributed by atoms with E-state index in [1.165, 1.54) is 4.90 Å². The third kappa shape index (κ3) is 4.02. The Balaban J connectivity index is 1.29. The zero-order valence-electron chi connectivity index (χ0n) is 21.0. The van der Waals surface area contributed by atoms with Crippen molar-refractivity contribution in [3.8, 4) is 5.75 Å². The van der Waals surface area contributed by atoms with E-state index in [2.05, 4.69) is 0 Å². The van der Waals surface area contributed by atoms with Crippen LogP contribution in [0.25, 0.3) is 0 Å². The molecule has 7 nitrogen and oxygen atoms in total. The lowest BCUT2D eigenvalue weighted by Crippen LogP contribution is -2.32. The summed E-state index contributed by atoms with van der Waals surface area (Å²) in [7, 11) is 0. The third-order valence-corrected chi connectivity index (χ3v) is 7.76. The normalized spacial score (nSPS) is 25.5. The highest BCUT2D eigenvalue weighted by Crippen LogP contribution is 2.41. The lowest BCUT2D eigenvalue weighted by atomic mass is 9.78. The number of allylic oxidation sites excluding steroid dienone is 2. The fourth-order valence-electron chi connectivity index (χ4n) is 5.54. The van der Waals surface area contributed by atoms with Crippen LogP contribution in [-0.2, 0) is 19.2 Å². The molecule has 4 atom stereocenters. The maximum absolute atomic E-state index is 13.1. The van der Waals surface area contributed by atoms with Crippen LogP contribution in [0.15, 0.2) is 48.6 Å². The number of carbonyl (C=O) groups excluding carboxylic acids is 4. The molecule has 0 spiro atoms. The maximum atomic E-state index is 13.1. The van der Waals surface area contributed by atoms with Gasteiger partial charge in [0.1, 0.15) is 5.75 Å². The van der Waals surface area contributed by atoms with E-state index in [-0.39, 0.29) is 48.4 Å². The number of fused-ring (bicyclic) bond motifs is 1. The van der Waals surface area contributed by atoms with Crippen LogP contribution in [0.2, 0.25) is 0 Å². The number of rotatable bonds is 4. The lowest BCUT2D eigenvalue weighted by Gasteiger charge is -2.22. The van der Waals surface area contributed by atoms with E-state index in [4.69, 9.17) is 4.74 Å². The number of nitrogens with zero attached hydrogens (tertiary/aromatic N) is 2. The Labute approximate surface area is 210 Å². The molecule has 3 aliphatic rings. The molecule has 0 radical (unpaired) electrons. The number of ether oxygens (including phenoxy) is 1. The summed E-state index contributed by atoms with van der Waals surface area (Å²) in [5.74, 6) is -1.82. The second kappa shape index (κ2) is 9.04. The van der Waals surface area contributed by atoms with Gasteiger partial charge in [-0.25, -0.2) is 4.90 Å². The molecule has 5 rings (SSSR count). The number of aryl methyl sites for hydroxylation is 3. The van der Waals surface area contributed by atoms with Gasteiger partial charge in [0.05, 0.1) is 23.4 Å². The van der Waals surface area contributed by atoms with Crippen molar-refractivity contribution in [2.75, 3.05) is 16.3 Å². The van der Waals surface area contributed by atoms with E-state index < -0.39 is 11.9 Å². The van der Waals surface area contributed by atoms with Gasteiger partial charge >= 0.3 is 5.97 Å². The van der Waals surface area contributed by atoms with Gasteiger partial charge < -0.3 is 9.64 Å². The average molecular weight is 487 g/mol. The molecule has 3 amide bonds. The van der Waals surface area contributed by atoms with E-state index >= 15 is 0 Å². The molecule has 2 fully saturated rings. The molecule has 7 heteroatoms. The molecule has 2 aliphatic heterocycles. The number of hydrogen-bond acceptors (Lipinski definition) is 5. The molecule has 0 saturated carbocycles. The first-order valence-corrected chi connectivity index (χ1v) is 12.4. The number of anilines is 2. The van der Waals surface area contributed by atoms with Crippen LogP contribution in [0.4, 0.5) is 11.4 Å². The molecule has 2 aromatic rings. The largest absolute Gasteiger partial charge is 0.426 e. The predicted octanol–water partition coefficient (Wildman–Crippen LogP) is 4.27.